The quantitative estimate of drug-likeness (QED) is 0.670. The van der Waals surface area contributed by atoms with Crippen molar-refractivity contribution in [2.45, 2.75) is 6.42 Å². The van der Waals surface area contributed by atoms with Crippen LogP contribution in [0.1, 0.15) is 15.9 Å². The SMILES string of the molecule is CN(C)c1ccc(C(=O)NCCc2ccc3[nH]c(=O)[nH]c3c2)cc1. The Labute approximate surface area is 139 Å². The average Bonchev–Trinajstić information content (AvgIpc) is 2.94. The second-order valence-corrected chi connectivity index (χ2v) is 5.91. The van der Waals surface area contributed by atoms with E-state index in [2.05, 4.69) is 15.3 Å². The zero-order valence-electron chi connectivity index (χ0n) is 13.7. The van der Waals surface area contributed by atoms with E-state index in [0.717, 1.165) is 22.3 Å². The Morgan fingerprint density at radius 3 is 2.46 bits per heavy atom. The molecule has 2 aromatic carbocycles. The fourth-order valence-corrected chi connectivity index (χ4v) is 2.57. The number of fused-ring (bicyclic) bond motifs is 1. The molecule has 3 aromatic rings. The molecule has 0 unspecified atom stereocenters. The van der Waals surface area contributed by atoms with Crippen molar-refractivity contribution < 1.29 is 4.79 Å². The first-order valence-corrected chi connectivity index (χ1v) is 7.79. The topological polar surface area (TPSA) is 81.0 Å². The van der Waals surface area contributed by atoms with Crippen LogP contribution in [0.2, 0.25) is 0 Å². The number of anilines is 1. The Kier molecular flexibility index (Phi) is 4.37. The van der Waals surface area contributed by atoms with Gasteiger partial charge in [-0.3, -0.25) is 4.79 Å². The summed E-state index contributed by atoms with van der Waals surface area (Å²) in [5, 5.41) is 2.92. The molecule has 3 rings (SSSR count). The van der Waals surface area contributed by atoms with E-state index in [1.165, 1.54) is 0 Å². The molecule has 1 heterocycles. The van der Waals surface area contributed by atoms with Gasteiger partial charge in [-0.05, 0) is 48.4 Å². The van der Waals surface area contributed by atoms with Crippen molar-refractivity contribution in [3.63, 3.8) is 0 Å². The van der Waals surface area contributed by atoms with E-state index in [1.807, 2.05) is 61.5 Å². The lowest BCUT2D eigenvalue weighted by molar-refractivity contribution is 0.0954. The molecule has 0 aliphatic heterocycles. The number of benzene rings is 2. The molecule has 0 aliphatic carbocycles. The van der Waals surface area contributed by atoms with Gasteiger partial charge in [-0.15, -0.1) is 0 Å². The lowest BCUT2D eigenvalue weighted by atomic mass is 10.1. The summed E-state index contributed by atoms with van der Waals surface area (Å²) < 4.78 is 0. The highest BCUT2D eigenvalue weighted by Gasteiger charge is 2.06. The van der Waals surface area contributed by atoms with Crippen molar-refractivity contribution in [1.29, 1.82) is 0 Å². The zero-order valence-corrected chi connectivity index (χ0v) is 13.7. The molecule has 1 amide bonds. The van der Waals surface area contributed by atoms with Gasteiger partial charge in [-0.25, -0.2) is 4.79 Å². The highest BCUT2D eigenvalue weighted by atomic mass is 16.1. The summed E-state index contributed by atoms with van der Waals surface area (Å²) >= 11 is 0. The maximum Gasteiger partial charge on any atom is 0.323 e. The Morgan fingerprint density at radius 2 is 1.75 bits per heavy atom. The molecule has 0 bridgehead atoms. The van der Waals surface area contributed by atoms with Crippen molar-refractivity contribution in [1.82, 2.24) is 15.3 Å². The van der Waals surface area contributed by atoms with E-state index in [-0.39, 0.29) is 11.6 Å². The molecule has 0 saturated carbocycles. The smallest absolute Gasteiger partial charge is 0.323 e. The van der Waals surface area contributed by atoms with Crippen LogP contribution in [0.5, 0.6) is 0 Å². The number of imidazole rings is 1. The molecular weight excluding hydrogens is 304 g/mol. The van der Waals surface area contributed by atoms with Gasteiger partial charge >= 0.3 is 5.69 Å². The number of aromatic nitrogens is 2. The van der Waals surface area contributed by atoms with Crippen LogP contribution in [-0.2, 0) is 6.42 Å². The molecular formula is C18H20N4O2. The van der Waals surface area contributed by atoms with Crippen molar-refractivity contribution >= 4 is 22.6 Å². The molecule has 3 N–H and O–H groups in total. The lowest BCUT2D eigenvalue weighted by Gasteiger charge is -2.12. The predicted octanol–water partition coefficient (Wildman–Crippen LogP) is 1.89. The largest absolute Gasteiger partial charge is 0.378 e. The summed E-state index contributed by atoms with van der Waals surface area (Å²) in [7, 11) is 3.92. The number of carbonyl (C=O) groups is 1. The summed E-state index contributed by atoms with van der Waals surface area (Å²) in [6.45, 7) is 0.536. The second kappa shape index (κ2) is 6.62. The standard InChI is InChI=1S/C18H20N4O2/c1-22(2)14-6-4-13(5-7-14)17(23)19-10-9-12-3-8-15-16(11-12)21-18(24)20-15/h3-8,11H,9-10H2,1-2H3,(H,19,23)(H2,20,21,24). The zero-order chi connectivity index (χ0) is 17.1. The Bertz CT molecular complexity index is 907. The third-order valence-corrected chi connectivity index (χ3v) is 3.93. The molecule has 24 heavy (non-hydrogen) atoms. The van der Waals surface area contributed by atoms with Crippen molar-refractivity contribution in [3.05, 3.63) is 64.1 Å². The number of carbonyl (C=O) groups excluding carboxylic acids is 1. The van der Waals surface area contributed by atoms with E-state index >= 15 is 0 Å². The molecule has 0 spiro atoms. The summed E-state index contributed by atoms with van der Waals surface area (Å²) in [5.74, 6) is -0.0866. The van der Waals surface area contributed by atoms with Crippen LogP contribution in [0, 0.1) is 0 Å². The van der Waals surface area contributed by atoms with E-state index in [0.29, 0.717) is 18.5 Å². The summed E-state index contributed by atoms with van der Waals surface area (Å²) in [4.78, 5) is 30.8. The van der Waals surface area contributed by atoms with Gasteiger partial charge in [0, 0.05) is 31.9 Å². The molecule has 0 aliphatic rings. The average molecular weight is 324 g/mol. The van der Waals surface area contributed by atoms with E-state index in [9.17, 15) is 9.59 Å². The third-order valence-electron chi connectivity index (χ3n) is 3.93. The first kappa shape index (κ1) is 15.9. The molecule has 1 aromatic heterocycles. The van der Waals surface area contributed by atoms with Gasteiger partial charge in [-0.1, -0.05) is 6.07 Å². The highest BCUT2D eigenvalue weighted by molar-refractivity contribution is 5.94. The van der Waals surface area contributed by atoms with Crippen molar-refractivity contribution in [2.75, 3.05) is 25.5 Å². The lowest BCUT2D eigenvalue weighted by Crippen LogP contribution is -2.25. The van der Waals surface area contributed by atoms with Gasteiger partial charge in [0.25, 0.3) is 5.91 Å². The maximum absolute atomic E-state index is 12.2. The Balaban J connectivity index is 1.58. The molecule has 0 atom stereocenters. The second-order valence-electron chi connectivity index (χ2n) is 5.91. The minimum absolute atomic E-state index is 0.0866. The van der Waals surface area contributed by atoms with Gasteiger partial charge in [0.15, 0.2) is 0 Å². The van der Waals surface area contributed by atoms with Crippen LogP contribution in [-0.4, -0.2) is 36.5 Å². The van der Waals surface area contributed by atoms with Crippen LogP contribution in [0.3, 0.4) is 0 Å². The Hall–Kier alpha value is -3.02. The number of hydrogen-bond donors (Lipinski definition) is 3. The van der Waals surface area contributed by atoms with Gasteiger partial charge < -0.3 is 20.2 Å². The van der Waals surface area contributed by atoms with Crippen LogP contribution < -0.4 is 15.9 Å². The number of nitrogens with zero attached hydrogens (tertiary/aromatic N) is 1. The Morgan fingerprint density at radius 1 is 1.04 bits per heavy atom. The number of aromatic amines is 2. The minimum Gasteiger partial charge on any atom is -0.378 e. The molecule has 0 saturated heterocycles. The summed E-state index contributed by atoms with van der Waals surface area (Å²) in [6, 6.07) is 13.2. The number of H-pyrrole nitrogens is 2. The fraction of sp³-hybridized carbons (Fsp3) is 0.222. The number of nitrogens with one attached hydrogen (secondary N) is 3. The van der Waals surface area contributed by atoms with Gasteiger partial charge in [0.2, 0.25) is 0 Å². The van der Waals surface area contributed by atoms with Gasteiger partial charge in [0.1, 0.15) is 0 Å². The van der Waals surface area contributed by atoms with Crippen LogP contribution in [0.4, 0.5) is 5.69 Å². The molecule has 0 fully saturated rings. The highest BCUT2D eigenvalue weighted by Crippen LogP contribution is 2.13. The molecule has 6 nitrogen and oxygen atoms in total. The fourth-order valence-electron chi connectivity index (χ4n) is 2.57. The van der Waals surface area contributed by atoms with Gasteiger partial charge in [-0.2, -0.15) is 0 Å². The molecule has 124 valence electrons. The van der Waals surface area contributed by atoms with Crippen molar-refractivity contribution in [2.24, 2.45) is 0 Å². The van der Waals surface area contributed by atoms with Crippen LogP contribution in [0.25, 0.3) is 11.0 Å². The minimum atomic E-state index is -0.211. The number of hydrogen-bond acceptors (Lipinski definition) is 3. The monoisotopic (exact) mass is 324 g/mol. The van der Waals surface area contributed by atoms with Crippen molar-refractivity contribution in [3.8, 4) is 0 Å². The summed E-state index contributed by atoms with van der Waals surface area (Å²) in [5.41, 5.74) is 4.11. The van der Waals surface area contributed by atoms with E-state index in [4.69, 9.17) is 0 Å². The first-order chi connectivity index (χ1) is 11.5. The van der Waals surface area contributed by atoms with Crippen LogP contribution in [0.15, 0.2) is 47.3 Å². The predicted molar refractivity (Wildman–Crippen MR) is 95.7 cm³/mol. The number of rotatable bonds is 5. The number of amides is 1. The molecule has 6 heteroatoms. The van der Waals surface area contributed by atoms with E-state index in [1.54, 1.807) is 0 Å². The normalized spacial score (nSPS) is 10.8. The third kappa shape index (κ3) is 3.48. The van der Waals surface area contributed by atoms with Crippen LogP contribution >= 0.6 is 0 Å². The van der Waals surface area contributed by atoms with Gasteiger partial charge in [0.05, 0.1) is 11.0 Å². The van der Waals surface area contributed by atoms with E-state index < -0.39 is 0 Å². The maximum atomic E-state index is 12.2. The molecule has 0 radical (unpaired) electrons. The first-order valence-electron chi connectivity index (χ1n) is 7.79. The summed E-state index contributed by atoms with van der Waals surface area (Å²) in [6.07, 6.45) is 0.699.